The molecule has 142 valence electrons. The number of hydrogen-bond acceptors (Lipinski definition) is 6. The van der Waals surface area contributed by atoms with Gasteiger partial charge in [0.25, 0.3) is 5.82 Å². The molecule has 0 bridgehead atoms. The fraction of sp³-hybridized carbons (Fsp3) is 0.353. The summed E-state index contributed by atoms with van der Waals surface area (Å²) >= 11 is 0. The highest BCUT2D eigenvalue weighted by molar-refractivity contribution is 5.48. The van der Waals surface area contributed by atoms with Crippen molar-refractivity contribution in [2.24, 2.45) is 0 Å². The summed E-state index contributed by atoms with van der Waals surface area (Å²) in [5.41, 5.74) is 0.976. The largest absolute Gasteiger partial charge is 0.486 e. The molecular formula is C17H16F3N5O2. The Balaban J connectivity index is 1.64. The van der Waals surface area contributed by atoms with Gasteiger partial charge in [0.05, 0.1) is 0 Å². The summed E-state index contributed by atoms with van der Waals surface area (Å²) < 4.78 is 51.0. The maximum absolute atomic E-state index is 13.1. The number of hydrogen-bond donors (Lipinski definition) is 0. The van der Waals surface area contributed by atoms with E-state index in [0.717, 1.165) is 10.1 Å². The van der Waals surface area contributed by atoms with Gasteiger partial charge in [-0.2, -0.15) is 17.7 Å². The van der Waals surface area contributed by atoms with Gasteiger partial charge in [0, 0.05) is 13.1 Å². The molecule has 0 spiro atoms. The number of anilines is 1. The van der Waals surface area contributed by atoms with Crippen molar-refractivity contribution in [1.82, 2.24) is 19.8 Å². The van der Waals surface area contributed by atoms with Crippen molar-refractivity contribution < 1.29 is 22.6 Å². The van der Waals surface area contributed by atoms with Gasteiger partial charge in [-0.1, -0.05) is 6.07 Å². The number of alkyl halides is 3. The molecular weight excluding hydrogens is 363 g/mol. The molecule has 0 fully saturated rings. The van der Waals surface area contributed by atoms with Crippen molar-refractivity contribution in [1.29, 1.82) is 0 Å². The second-order valence-corrected chi connectivity index (χ2v) is 5.98. The molecule has 7 nitrogen and oxygen atoms in total. The lowest BCUT2D eigenvalue weighted by Crippen LogP contribution is -2.24. The summed E-state index contributed by atoms with van der Waals surface area (Å²) in [5, 5.41) is 10.8. The Morgan fingerprint density at radius 2 is 1.85 bits per heavy atom. The third kappa shape index (κ3) is 3.34. The molecule has 0 amide bonds. The van der Waals surface area contributed by atoms with Gasteiger partial charge in [0.2, 0.25) is 0 Å². The lowest BCUT2D eigenvalue weighted by molar-refractivity contribution is -0.146. The first-order valence-electron chi connectivity index (χ1n) is 8.39. The molecule has 1 aliphatic heterocycles. The van der Waals surface area contributed by atoms with Gasteiger partial charge < -0.3 is 14.4 Å². The van der Waals surface area contributed by atoms with Crippen molar-refractivity contribution in [3.05, 3.63) is 41.7 Å². The minimum atomic E-state index is -4.63. The van der Waals surface area contributed by atoms with Crippen molar-refractivity contribution in [3.8, 4) is 11.5 Å². The molecule has 2 aromatic heterocycles. The lowest BCUT2D eigenvalue weighted by atomic mass is 10.2. The van der Waals surface area contributed by atoms with E-state index in [1.54, 1.807) is 6.07 Å². The normalized spacial score (nSPS) is 13.8. The fourth-order valence-corrected chi connectivity index (χ4v) is 2.89. The predicted octanol–water partition coefficient (Wildman–Crippen LogP) is 2.94. The minimum Gasteiger partial charge on any atom is -0.486 e. The molecule has 3 heterocycles. The zero-order valence-electron chi connectivity index (χ0n) is 14.4. The smallest absolute Gasteiger partial charge is 0.453 e. The quantitative estimate of drug-likeness (QED) is 0.695. The number of rotatable bonds is 4. The summed E-state index contributed by atoms with van der Waals surface area (Å²) in [6.07, 6.45) is -4.63. The van der Waals surface area contributed by atoms with Gasteiger partial charge in [0.15, 0.2) is 17.1 Å². The van der Waals surface area contributed by atoms with Crippen LogP contribution in [0.15, 0.2) is 30.3 Å². The van der Waals surface area contributed by atoms with Crippen LogP contribution < -0.4 is 14.4 Å². The Bertz CT molecular complexity index is 973. The Morgan fingerprint density at radius 1 is 1.07 bits per heavy atom. The molecule has 1 aliphatic rings. The van der Waals surface area contributed by atoms with Crippen molar-refractivity contribution in [2.45, 2.75) is 19.6 Å². The van der Waals surface area contributed by atoms with Crippen LogP contribution in [0, 0.1) is 0 Å². The van der Waals surface area contributed by atoms with Crippen LogP contribution in [0.4, 0.5) is 19.0 Å². The van der Waals surface area contributed by atoms with E-state index >= 15 is 0 Å². The van der Waals surface area contributed by atoms with E-state index in [-0.39, 0.29) is 5.65 Å². The van der Waals surface area contributed by atoms with E-state index < -0.39 is 12.0 Å². The van der Waals surface area contributed by atoms with E-state index in [2.05, 4.69) is 15.3 Å². The van der Waals surface area contributed by atoms with Crippen molar-refractivity contribution in [2.75, 3.05) is 24.7 Å². The van der Waals surface area contributed by atoms with Gasteiger partial charge in [0.1, 0.15) is 19.0 Å². The monoisotopic (exact) mass is 379 g/mol. The highest BCUT2D eigenvalue weighted by Gasteiger charge is 2.37. The molecule has 0 atom stereocenters. The molecule has 0 aliphatic carbocycles. The third-order valence-corrected chi connectivity index (χ3v) is 4.19. The van der Waals surface area contributed by atoms with Gasteiger partial charge in [-0.25, -0.2) is 0 Å². The number of halogens is 3. The molecule has 0 radical (unpaired) electrons. The van der Waals surface area contributed by atoms with Gasteiger partial charge in [-0.05, 0) is 36.8 Å². The Hall–Kier alpha value is -3.04. The first-order chi connectivity index (χ1) is 13.0. The zero-order valence-corrected chi connectivity index (χ0v) is 14.4. The van der Waals surface area contributed by atoms with Crippen LogP contribution >= 0.6 is 0 Å². The number of fused-ring (bicyclic) bond motifs is 2. The van der Waals surface area contributed by atoms with E-state index in [4.69, 9.17) is 9.47 Å². The number of benzene rings is 1. The lowest BCUT2D eigenvalue weighted by Gasteiger charge is -2.24. The highest BCUT2D eigenvalue weighted by atomic mass is 19.4. The van der Waals surface area contributed by atoms with Crippen LogP contribution in [0.2, 0.25) is 0 Å². The summed E-state index contributed by atoms with van der Waals surface area (Å²) in [5.74, 6) is 0.600. The maximum atomic E-state index is 13.1. The molecule has 4 rings (SSSR count). The minimum absolute atomic E-state index is 0.0430. The molecule has 1 aromatic carbocycles. The number of nitrogens with zero attached hydrogens (tertiary/aromatic N) is 5. The summed E-state index contributed by atoms with van der Waals surface area (Å²) in [6.45, 7) is 3.91. The number of aromatic nitrogens is 4. The number of ether oxygens (including phenoxy) is 2. The molecule has 0 N–H and O–H groups in total. The fourth-order valence-electron chi connectivity index (χ4n) is 2.89. The third-order valence-electron chi connectivity index (χ3n) is 4.19. The van der Waals surface area contributed by atoms with E-state index in [1.807, 2.05) is 30.0 Å². The van der Waals surface area contributed by atoms with Gasteiger partial charge >= 0.3 is 6.18 Å². The van der Waals surface area contributed by atoms with E-state index in [0.29, 0.717) is 43.6 Å². The van der Waals surface area contributed by atoms with Gasteiger partial charge in [-0.3, -0.25) is 0 Å². The second-order valence-electron chi connectivity index (χ2n) is 5.98. The van der Waals surface area contributed by atoms with Crippen molar-refractivity contribution >= 4 is 11.5 Å². The molecule has 0 unspecified atom stereocenters. The zero-order chi connectivity index (χ0) is 19.0. The Morgan fingerprint density at radius 3 is 2.59 bits per heavy atom. The topological polar surface area (TPSA) is 64.8 Å². The summed E-state index contributed by atoms with van der Waals surface area (Å²) in [4.78, 5) is 1.85. The SMILES string of the molecule is CCN(Cc1ccc2c(c1)OCCO2)c1ccc2nnc(C(F)(F)F)n2n1. The maximum Gasteiger partial charge on any atom is 0.453 e. The molecule has 3 aromatic rings. The van der Waals surface area contributed by atoms with Crippen LogP contribution in [-0.2, 0) is 12.7 Å². The van der Waals surface area contributed by atoms with Crippen molar-refractivity contribution in [3.63, 3.8) is 0 Å². The van der Waals surface area contributed by atoms with Crippen LogP contribution in [0.5, 0.6) is 11.5 Å². The Kier molecular flexibility index (Phi) is 4.25. The van der Waals surface area contributed by atoms with Gasteiger partial charge in [-0.15, -0.1) is 15.3 Å². The first-order valence-corrected chi connectivity index (χ1v) is 8.39. The van der Waals surface area contributed by atoms with E-state index in [9.17, 15) is 13.2 Å². The molecule has 27 heavy (non-hydrogen) atoms. The first kappa shape index (κ1) is 17.4. The molecule has 10 heteroatoms. The van der Waals surface area contributed by atoms with Crippen LogP contribution in [0.1, 0.15) is 18.3 Å². The van der Waals surface area contributed by atoms with Crippen LogP contribution in [0.3, 0.4) is 0 Å². The standard InChI is InChI=1S/C17H16F3N5O2/c1-2-24(10-11-3-4-12-13(9-11)27-8-7-26-12)15-6-5-14-21-22-16(17(18,19)20)25(14)23-15/h3-6,9H,2,7-8,10H2,1H3. The highest BCUT2D eigenvalue weighted by Crippen LogP contribution is 2.32. The van der Waals surface area contributed by atoms with E-state index in [1.165, 1.54) is 6.07 Å². The average Bonchev–Trinajstić information content (AvgIpc) is 3.09. The molecule has 0 saturated heterocycles. The van der Waals surface area contributed by atoms with Crippen LogP contribution in [0.25, 0.3) is 5.65 Å². The summed E-state index contributed by atoms with van der Waals surface area (Å²) in [7, 11) is 0. The summed E-state index contributed by atoms with van der Waals surface area (Å²) in [6, 6.07) is 8.70. The molecule has 0 saturated carbocycles. The Labute approximate surface area is 152 Å². The second kappa shape index (κ2) is 6.60. The van der Waals surface area contributed by atoms with Crippen LogP contribution in [-0.4, -0.2) is 39.6 Å². The predicted molar refractivity (Wildman–Crippen MR) is 89.9 cm³/mol. The average molecular weight is 379 g/mol.